The number of aliphatic hydroxyl groups excluding tert-OH is 1. The van der Waals surface area contributed by atoms with E-state index >= 15 is 0 Å². The van der Waals surface area contributed by atoms with Gasteiger partial charge in [-0.1, -0.05) is 91.0 Å². The summed E-state index contributed by atoms with van der Waals surface area (Å²) in [5.74, 6) is 0. The molecule has 14 nitrogen and oxygen atoms in total. The Kier molecular flexibility index (Phi) is 18.4. The van der Waals surface area contributed by atoms with E-state index in [4.69, 9.17) is 14.2 Å². The van der Waals surface area contributed by atoms with Crippen LogP contribution in [0.4, 0.5) is 52.7 Å². The number of ether oxygens (including phenoxy) is 3. The smallest absolute Gasteiger partial charge is 0.394 e. The summed E-state index contributed by atoms with van der Waals surface area (Å²) in [5, 5.41) is 29.4. The zero-order chi connectivity index (χ0) is 60.1. The molecule has 2 aliphatic rings. The van der Waals surface area contributed by atoms with Crippen molar-refractivity contribution in [3.8, 4) is 0 Å². The average molecular weight is 1180 g/mol. The van der Waals surface area contributed by atoms with Crippen molar-refractivity contribution >= 4 is 0 Å². The predicted molar refractivity (Wildman–Crippen MR) is 277 cm³/mol. The van der Waals surface area contributed by atoms with Gasteiger partial charge in [-0.2, -0.15) is 62.9 Å². The third kappa shape index (κ3) is 14.3. The number of aromatic nitrogens is 6. The highest BCUT2D eigenvalue weighted by atomic mass is 19.4. The minimum Gasteiger partial charge on any atom is -0.394 e. The first-order chi connectivity index (χ1) is 39.1. The summed E-state index contributed by atoms with van der Waals surface area (Å²) >= 11 is 0. The fourth-order valence-electron chi connectivity index (χ4n) is 10.4. The number of alkyl halides is 12. The van der Waals surface area contributed by atoms with Crippen molar-refractivity contribution in [1.29, 1.82) is 0 Å². The number of aromatic amines is 2. The largest absolute Gasteiger partial charge is 0.416 e. The van der Waals surface area contributed by atoms with Crippen molar-refractivity contribution in [2.24, 2.45) is 0 Å². The summed E-state index contributed by atoms with van der Waals surface area (Å²) in [4.78, 5) is 24.9. The zero-order valence-corrected chi connectivity index (χ0v) is 44.5. The van der Waals surface area contributed by atoms with E-state index in [1.54, 1.807) is 18.2 Å². The minimum atomic E-state index is -4.97. The van der Waals surface area contributed by atoms with Crippen LogP contribution in [0.3, 0.4) is 0 Å². The fourth-order valence-corrected chi connectivity index (χ4v) is 10.4. The molecule has 0 spiro atoms. The van der Waals surface area contributed by atoms with Gasteiger partial charge < -0.3 is 30.0 Å². The lowest BCUT2D eigenvalue weighted by molar-refractivity contribution is -0.145. The first kappa shape index (κ1) is 62.0. The van der Waals surface area contributed by atoms with E-state index in [0.29, 0.717) is 56.6 Å². The number of rotatable bonds is 17. The van der Waals surface area contributed by atoms with Gasteiger partial charge in [0.25, 0.3) is 0 Å². The van der Waals surface area contributed by atoms with Gasteiger partial charge in [-0.25, -0.2) is 19.8 Å². The molecule has 5 N–H and O–H groups in total. The van der Waals surface area contributed by atoms with Crippen molar-refractivity contribution in [3.05, 3.63) is 211 Å². The molecule has 0 saturated carbocycles. The van der Waals surface area contributed by atoms with Crippen LogP contribution in [0.25, 0.3) is 0 Å². The van der Waals surface area contributed by atoms with E-state index in [0.717, 1.165) is 16.7 Å². The first-order valence-electron chi connectivity index (χ1n) is 26.0. The predicted octanol–water partition coefficient (Wildman–Crippen LogP) is 10.9. The molecule has 0 bridgehead atoms. The van der Waals surface area contributed by atoms with Crippen molar-refractivity contribution in [2.45, 2.75) is 105 Å². The molecule has 446 valence electrons. The third-order valence-corrected chi connectivity index (χ3v) is 15.4. The van der Waals surface area contributed by atoms with E-state index in [2.05, 4.69) is 31.0 Å². The molecular formula is C57H58F12N8O6. The second kappa shape index (κ2) is 24.6. The Morgan fingerprint density at radius 3 is 1.20 bits per heavy atom. The minimum absolute atomic E-state index is 0.0724. The molecular weight excluding hydrogens is 1120 g/mol. The van der Waals surface area contributed by atoms with Gasteiger partial charge in [0.2, 0.25) is 0 Å². The van der Waals surface area contributed by atoms with Crippen LogP contribution in [0, 0.1) is 0 Å². The Bertz CT molecular complexity index is 3280. The second-order valence-electron chi connectivity index (χ2n) is 20.8. The summed E-state index contributed by atoms with van der Waals surface area (Å²) in [6.07, 6.45) is -17.9. The number of halogens is 12. The average Bonchev–Trinajstić information content (AvgIpc) is 3.15. The lowest BCUT2D eigenvalue weighted by Gasteiger charge is -2.47. The number of nitrogens with zero attached hydrogens (tertiary/aromatic N) is 4. The monoisotopic (exact) mass is 1180 g/mol. The van der Waals surface area contributed by atoms with Gasteiger partial charge >= 0.3 is 36.1 Å². The number of hydrogen-bond donors (Lipinski definition) is 5. The molecule has 2 fully saturated rings. The van der Waals surface area contributed by atoms with Crippen molar-refractivity contribution in [1.82, 2.24) is 40.2 Å². The SMILES string of the molecule is C[C@@H](OC[C@@]1(c2ccccc2)CC[C@](CO)(n2cn[nH]c2=O)CN1)c1cc(C(F)(F)F)cc(C(F)(F)F)c1.C[C@@H](OC[C@@]1(c2ccccc2)CC[C@](COCc2ccccc2)(n2cn[nH]c2=O)CN1)c1cc(C(F)(F)F)cc(C(F)(F)F)c1. The van der Waals surface area contributed by atoms with Crippen LogP contribution in [0.1, 0.15) is 102 Å². The van der Waals surface area contributed by atoms with Gasteiger partial charge in [0.05, 0.1) is 89.7 Å². The van der Waals surface area contributed by atoms with Gasteiger partial charge in [0.1, 0.15) is 12.7 Å². The third-order valence-electron chi connectivity index (χ3n) is 15.4. The van der Waals surface area contributed by atoms with E-state index in [9.17, 15) is 67.4 Å². The van der Waals surface area contributed by atoms with Crippen LogP contribution in [-0.4, -0.2) is 74.2 Å². The van der Waals surface area contributed by atoms with Crippen molar-refractivity contribution < 1.29 is 72.0 Å². The number of hydrogen-bond acceptors (Lipinski definition) is 10. The molecule has 7 aromatic rings. The molecule has 0 radical (unpaired) electrons. The topological polar surface area (TPSA) is 173 Å². The molecule has 4 heterocycles. The van der Waals surface area contributed by atoms with Crippen LogP contribution in [-0.2, 0) is 67.7 Å². The summed E-state index contributed by atoms with van der Waals surface area (Å²) in [6, 6.07) is 30.7. The van der Waals surface area contributed by atoms with E-state index < -0.39 is 92.7 Å². The zero-order valence-electron chi connectivity index (χ0n) is 44.5. The van der Waals surface area contributed by atoms with Crippen molar-refractivity contribution in [2.75, 3.05) is 39.5 Å². The number of nitrogens with one attached hydrogen (secondary N) is 4. The Morgan fingerprint density at radius 2 is 0.880 bits per heavy atom. The van der Waals surface area contributed by atoms with Gasteiger partial charge in [-0.3, -0.25) is 9.13 Å². The van der Waals surface area contributed by atoms with E-state index in [-0.39, 0.29) is 62.8 Å². The quantitative estimate of drug-likeness (QED) is 0.0553. The maximum atomic E-state index is 13.5. The molecule has 83 heavy (non-hydrogen) atoms. The molecule has 2 saturated heterocycles. The highest BCUT2D eigenvalue weighted by Crippen LogP contribution is 2.43. The molecule has 6 atom stereocenters. The Morgan fingerprint density at radius 1 is 0.518 bits per heavy atom. The van der Waals surface area contributed by atoms with Crippen LogP contribution in [0.5, 0.6) is 0 Å². The van der Waals surface area contributed by atoms with Crippen LogP contribution in [0.15, 0.2) is 150 Å². The maximum Gasteiger partial charge on any atom is 0.416 e. The van der Waals surface area contributed by atoms with Crippen LogP contribution < -0.4 is 22.0 Å². The summed E-state index contributed by atoms with van der Waals surface area (Å²) in [6.45, 7) is 3.11. The Labute approximate surface area is 466 Å². The number of H-pyrrole nitrogens is 2. The van der Waals surface area contributed by atoms with E-state index in [1.165, 1.54) is 35.6 Å². The summed E-state index contributed by atoms with van der Waals surface area (Å²) in [7, 11) is 0. The molecule has 2 aromatic heterocycles. The van der Waals surface area contributed by atoms with Crippen LogP contribution in [0.2, 0.25) is 0 Å². The van der Waals surface area contributed by atoms with Gasteiger partial charge in [0.15, 0.2) is 0 Å². The molecule has 2 aliphatic heterocycles. The maximum absolute atomic E-state index is 13.5. The van der Waals surface area contributed by atoms with Crippen molar-refractivity contribution in [3.63, 3.8) is 0 Å². The molecule has 9 rings (SSSR count). The Balaban J connectivity index is 0.000000220. The lowest BCUT2D eigenvalue weighted by atomic mass is 9.76. The highest BCUT2D eigenvalue weighted by Gasteiger charge is 2.48. The first-order valence-corrected chi connectivity index (χ1v) is 26.0. The summed E-state index contributed by atoms with van der Waals surface area (Å²) < 4.78 is 182. The molecule has 5 aromatic carbocycles. The molecule has 0 aliphatic carbocycles. The van der Waals surface area contributed by atoms with Crippen LogP contribution >= 0.6 is 0 Å². The highest BCUT2D eigenvalue weighted by molar-refractivity contribution is 5.37. The number of benzene rings is 5. The second-order valence-corrected chi connectivity index (χ2v) is 20.8. The van der Waals surface area contributed by atoms with Gasteiger partial charge in [0, 0.05) is 13.1 Å². The molecule has 0 unspecified atom stereocenters. The summed E-state index contributed by atoms with van der Waals surface area (Å²) in [5.41, 5.74) is -8.11. The molecule has 26 heteroatoms. The fraction of sp³-hybridized carbons (Fsp3) is 0.404. The normalized spacial score (nSPS) is 22.3. The Hall–Kier alpha value is -7.10. The molecule has 0 amide bonds. The van der Waals surface area contributed by atoms with Gasteiger partial charge in [-0.05, 0) is 104 Å². The standard InChI is InChI=1S/C32H32F6N4O3.C25H26F6N4O3/c1-22(24-14-26(31(33,34)35)16-27(15-24)32(36,37)38)45-20-30(25-10-6-3-7-11-25)13-12-29(18-39-30,42-21-40-41-28(42)43)19-44-17-23-8-4-2-5-9-23;1-16(17-9-19(24(26,27)28)11-20(10-17)25(29,30)31)38-14-23(18-5-3-2-4-6-18)8-7-22(13-36,12-32-23)35-15-33-34-21(35)37/h2-11,14-16,21-22,39H,12-13,17-20H2,1H3,(H,41,43);2-6,9-11,15-16,32,36H,7-8,12-14H2,1H3,(H,34,37)/t22-,29+,30-;16-,22+,23-/m11/s1. The number of aliphatic hydroxyl groups is 1. The van der Waals surface area contributed by atoms with Gasteiger partial charge in [-0.15, -0.1) is 0 Å². The van der Waals surface area contributed by atoms with E-state index in [1.807, 2.05) is 72.8 Å². The number of piperidine rings is 2. The lowest BCUT2D eigenvalue weighted by Crippen LogP contribution is -2.61.